The van der Waals surface area contributed by atoms with Crippen molar-refractivity contribution >= 4 is 6.09 Å². The quantitative estimate of drug-likeness (QED) is 0.846. The maximum Gasteiger partial charge on any atom is 0.410 e. The molecule has 5 heteroatoms. The Labute approximate surface area is 149 Å². The Morgan fingerprint density at radius 1 is 1.32 bits per heavy atom. The first-order valence-electron chi connectivity index (χ1n) is 8.88. The molecule has 2 aliphatic rings. The minimum atomic E-state index is -0.996. The van der Waals surface area contributed by atoms with Crippen molar-refractivity contribution in [3.8, 4) is 6.07 Å². The number of fused-ring (bicyclic) bond motifs is 2. The van der Waals surface area contributed by atoms with Gasteiger partial charge in [0, 0.05) is 24.9 Å². The van der Waals surface area contributed by atoms with E-state index in [1.807, 2.05) is 44.7 Å². The molecule has 0 aliphatic carbocycles. The molecule has 25 heavy (non-hydrogen) atoms. The number of ether oxygens (including phenoxy) is 1. The van der Waals surface area contributed by atoms with Crippen LogP contribution in [0.25, 0.3) is 0 Å². The molecule has 1 aromatic rings. The number of carbonyl (C=O) groups is 1. The van der Waals surface area contributed by atoms with Crippen LogP contribution in [0.3, 0.4) is 0 Å². The number of amides is 1. The summed E-state index contributed by atoms with van der Waals surface area (Å²) in [6.07, 6.45) is 2.43. The minimum absolute atomic E-state index is 0.0227. The monoisotopic (exact) mass is 342 g/mol. The van der Waals surface area contributed by atoms with E-state index in [9.17, 15) is 15.2 Å². The molecule has 2 atom stereocenters. The Bertz CT molecular complexity index is 715. The van der Waals surface area contributed by atoms with Gasteiger partial charge in [-0.15, -0.1) is 0 Å². The van der Waals surface area contributed by atoms with Crippen LogP contribution in [-0.2, 0) is 10.3 Å². The number of aryl methyl sites for hydroxylation is 1. The molecule has 0 radical (unpaired) electrons. The summed E-state index contributed by atoms with van der Waals surface area (Å²) in [7, 11) is 0. The van der Waals surface area contributed by atoms with E-state index < -0.39 is 11.2 Å². The second kappa shape index (κ2) is 6.03. The smallest absolute Gasteiger partial charge is 0.410 e. The lowest BCUT2D eigenvalue weighted by molar-refractivity contribution is -0.0624. The molecular weight excluding hydrogens is 316 g/mol. The molecule has 0 saturated carbocycles. The molecule has 2 unspecified atom stereocenters. The third-order valence-electron chi connectivity index (χ3n) is 5.27. The van der Waals surface area contributed by atoms with Gasteiger partial charge in [-0.25, -0.2) is 4.79 Å². The lowest BCUT2D eigenvalue weighted by atomic mass is 9.80. The summed E-state index contributed by atoms with van der Waals surface area (Å²) < 4.78 is 5.55. The van der Waals surface area contributed by atoms with Gasteiger partial charge in [0.25, 0.3) is 0 Å². The molecule has 2 saturated heterocycles. The molecule has 134 valence electrons. The van der Waals surface area contributed by atoms with E-state index in [0.717, 1.165) is 24.0 Å². The summed E-state index contributed by atoms with van der Waals surface area (Å²) in [5.74, 6) is 0. The summed E-state index contributed by atoms with van der Waals surface area (Å²) in [5, 5.41) is 20.5. The van der Waals surface area contributed by atoms with Gasteiger partial charge in [0.1, 0.15) is 5.60 Å². The molecule has 1 aromatic carbocycles. The van der Waals surface area contributed by atoms with Crippen molar-refractivity contribution in [1.29, 1.82) is 5.26 Å². The number of benzene rings is 1. The zero-order valence-corrected chi connectivity index (χ0v) is 15.4. The third kappa shape index (κ3) is 3.36. The molecule has 2 heterocycles. The first-order valence-corrected chi connectivity index (χ1v) is 8.88. The van der Waals surface area contributed by atoms with Gasteiger partial charge in [0.15, 0.2) is 0 Å². The summed E-state index contributed by atoms with van der Waals surface area (Å²) in [6.45, 7) is 7.48. The van der Waals surface area contributed by atoms with E-state index >= 15 is 0 Å². The van der Waals surface area contributed by atoms with Crippen molar-refractivity contribution in [2.75, 3.05) is 0 Å². The maximum atomic E-state index is 12.5. The molecule has 3 rings (SSSR count). The second-order valence-electron chi connectivity index (χ2n) is 8.35. The van der Waals surface area contributed by atoms with Crippen LogP contribution in [-0.4, -0.2) is 33.8 Å². The fourth-order valence-electron chi connectivity index (χ4n) is 4.11. The first kappa shape index (κ1) is 17.8. The van der Waals surface area contributed by atoms with Crippen molar-refractivity contribution in [2.45, 2.75) is 76.7 Å². The van der Waals surface area contributed by atoms with Crippen LogP contribution in [0.2, 0.25) is 0 Å². The SMILES string of the molecule is Cc1ccc(C2(O)CC3CCC(C2)N3C(=O)OC(C)(C)C)cc1C#N. The molecular formula is C20H26N2O3. The zero-order chi connectivity index (χ0) is 18.4. The van der Waals surface area contributed by atoms with Gasteiger partial charge in [-0.1, -0.05) is 12.1 Å². The summed E-state index contributed by atoms with van der Waals surface area (Å²) in [5.41, 5.74) is 0.749. The standard InChI is InChI=1S/C20H26N2O3/c1-13-5-6-15(9-14(13)12-21)20(24)10-16-7-8-17(11-20)22(16)18(23)25-19(2,3)4/h5-6,9,16-17,24H,7-8,10-11H2,1-4H3. The topological polar surface area (TPSA) is 73.6 Å². The Morgan fingerprint density at radius 3 is 2.44 bits per heavy atom. The van der Waals surface area contributed by atoms with E-state index in [1.54, 1.807) is 6.07 Å². The van der Waals surface area contributed by atoms with Crippen molar-refractivity contribution in [1.82, 2.24) is 4.90 Å². The zero-order valence-electron chi connectivity index (χ0n) is 15.4. The van der Waals surface area contributed by atoms with Crippen molar-refractivity contribution in [3.05, 3.63) is 34.9 Å². The molecule has 2 fully saturated rings. The van der Waals surface area contributed by atoms with E-state index in [0.29, 0.717) is 18.4 Å². The molecule has 0 spiro atoms. The van der Waals surface area contributed by atoms with E-state index in [-0.39, 0.29) is 18.2 Å². The number of hydrogen-bond acceptors (Lipinski definition) is 4. The minimum Gasteiger partial charge on any atom is -0.444 e. The molecule has 2 aliphatic heterocycles. The van der Waals surface area contributed by atoms with Crippen LogP contribution < -0.4 is 0 Å². The van der Waals surface area contributed by atoms with Gasteiger partial charge in [0.05, 0.1) is 17.2 Å². The fourth-order valence-corrected chi connectivity index (χ4v) is 4.11. The number of piperidine rings is 1. The van der Waals surface area contributed by atoms with E-state index in [2.05, 4.69) is 6.07 Å². The van der Waals surface area contributed by atoms with E-state index in [4.69, 9.17) is 4.74 Å². The Kier molecular flexibility index (Phi) is 4.28. The van der Waals surface area contributed by atoms with Crippen LogP contribution >= 0.6 is 0 Å². The van der Waals surface area contributed by atoms with Crippen LogP contribution in [0, 0.1) is 18.3 Å². The molecule has 2 bridgehead atoms. The number of nitrogens with zero attached hydrogens (tertiary/aromatic N) is 2. The van der Waals surface area contributed by atoms with Gasteiger partial charge >= 0.3 is 6.09 Å². The van der Waals surface area contributed by atoms with E-state index in [1.165, 1.54) is 0 Å². The molecule has 1 amide bonds. The Hall–Kier alpha value is -2.06. The number of aliphatic hydroxyl groups is 1. The van der Waals surface area contributed by atoms with Crippen LogP contribution in [0.5, 0.6) is 0 Å². The van der Waals surface area contributed by atoms with Gasteiger partial charge in [-0.3, -0.25) is 0 Å². The van der Waals surface area contributed by atoms with Crippen LogP contribution in [0.15, 0.2) is 18.2 Å². The average molecular weight is 342 g/mol. The summed E-state index contributed by atoms with van der Waals surface area (Å²) >= 11 is 0. The highest BCUT2D eigenvalue weighted by Gasteiger charge is 2.51. The number of carbonyl (C=O) groups excluding carboxylic acids is 1. The second-order valence-corrected chi connectivity index (χ2v) is 8.35. The molecule has 5 nitrogen and oxygen atoms in total. The summed E-state index contributed by atoms with van der Waals surface area (Å²) in [4.78, 5) is 14.4. The Balaban J connectivity index is 1.84. The average Bonchev–Trinajstić information content (AvgIpc) is 2.79. The first-order chi connectivity index (χ1) is 11.6. The normalized spacial score (nSPS) is 28.6. The van der Waals surface area contributed by atoms with Crippen molar-refractivity contribution < 1.29 is 14.6 Å². The van der Waals surface area contributed by atoms with Gasteiger partial charge in [-0.2, -0.15) is 5.26 Å². The van der Waals surface area contributed by atoms with Gasteiger partial charge in [-0.05, 0) is 57.7 Å². The third-order valence-corrected chi connectivity index (χ3v) is 5.27. The highest BCUT2D eigenvalue weighted by molar-refractivity contribution is 5.70. The predicted molar refractivity (Wildman–Crippen MR) is 93.9 cm³/mol. The van der Waals surface area contributed by atoms with Gasteiger partial charge in [0.2, 0.25) is 0 Å². The van der Waals surface area contributed by atoms with Crippen molar-refractivity contribution in [3.63, 3.8) is 0 Å². The maximum absolute atomic E-state index is 12.5. The lowest BCUT2D eigenvalue weighted by Gasteiger charge is -2.44. The summed E-state index contributed by atoms with van der Waals surface area (Å²) in [6, 6.07) is 7.72. The number of hydrogen-bond donors (Lipinski definition) is 1. The van der Waals surface area contributed by atoms with Crippen LogP contribution in [0.1, 0.15) is 63.1 Å². The number of nitriles is 1. The molecule has 1 N–H and O–H groups in total. The largest absolute Gasteiger partial charge is 0.444 e. The van der Waals surface area contributed by atoms with Gasteiger partial charge < -0.3 is 14.7 Å². The predicted octanol–water partition coefficient (Wildman–Crippen LogP) is 3.62. The fraction of sp³-hybridized carbons (Fsp3) is 0.600. The highest BCUT2D eigenvalue weighted by atomic mass is 16.6. The molecule has 0 aromatic heterocycles. The number of rotatable bonds is 1. The van der Waals surface area contributed by atoms with Crippen molar-refractivity contribution in [2.24, 2.45) is 0 Å². The highest BCUT2D eigenvalue weighted by Crippen LogP contribution is 2.46. The Morgan fingerprint density at radius 2 is 1.92 bits per heavy atom. The van der Waals surface area contributed by atoms with Crippen LogP contribution in [0.4, 0.5) is 4.79 Å². The lowest BCUT2D eigenvalue weighted by Crippen LogP contribution is -2.53.